The molecule has 0 radical (unpaired) electrons. The van der Waals surface area contributed by atoms with Crippen LogP contribution in [0.1, 0.15) is 0 Å². The number of nitrogens with two attached hydrogens (primary N) is 1. The molecule has 9 nitrogen and oxygen atoms in total. The van der Waals surface area contributed by atoms with Gasteiger partial charge in [-0.1, -0.05) is 16.5 Å². The van der Waals surface area contributed by atoms with Crippen molar-refractivity contribution in [3.63, 3.8) is 0 Å². The van der Waals surface area contributed by atoms with Gasteiger partial charge in [0.25, 0.3) is 15.7 Å². The molecule has 0 bridgehead atoms. The van der Waals surface area contributed by atoms with Crippen LogP contribution in [0.4, 0.5) is 5.69 Å². The molecule has 11 heteroatoms. The van der Waals surface area contributed by atoms with Crippen LogP contribution in [0.25, 0.3) is 0 Å². The van der Waals surface area contributed by atoms with Crippen LogP contribution in [0.5, 0.6) is 0 Å². The highest BCUT2D eigenvalue weighted by Gasteiger charge is 2.21. The van der Waals surface area contributed by atoms with Crippen LogP contribution in [0, 0.1) is 10.1 Å². The number of hydrogen-bond acceptors (Lipinski definition) is 6. The molecule has 3 N–H and O–H groups in total. The van der Waals surface area contributed by atoms with Crippen molar-refractivity contribution < 1.29 is 23.0 Å². The number of hydrogen-bond donors (Lipinski definition) is 2. The zero-order valence-electron chi connectivity index (χ0n) is 9.20. The van der Waals surface area contributed by atoms with Gasteiger partial charge in [0, 0.05) is 12.1 Å². The van der Waals surface area contributed by atoms with E-state index in [1.807, 2.05) is 0 Å². The summed E-state index contributed by atoms with van der Waals surface area (Å²) in [5, 5.41) is 10.1. The number of sulfonamides is 1. The first-order chi connectivity index (χ1) is 8.74. The Morgan fingerprint density at radius 2 is 2.16 bits per heavy atom. The van der Waals surface area contributed by atoms with Crippen LogP contribution < -0.4 is 10.6 Å². The van der Waals surface area contributed by atoms with Crippen molar-refractivity contribution in [1.29, 1.82) is 0 Å². The number of nitrogens with zero attached hydrogens (tertiary/aromatic N) is 1. The molecule has 0 aliphatic heterocycles. The molecule has 0 fully saturated rings. The molecule has 1 aromatic carbocycles. The van der Waals surface area contributed by atoms with E-state index in [0.717, 1.165) is 18.2 Å². The Morgan fingerprint density at radius 1 is 1.53 bits per heavy atom. The van der Waals surface area contributed by atoms with Crippen molar-refractivity contribution in [2.24, 2.45) is 5.73 Å². The highest BCUT2D eigenvalue weighted by Crippen LogP contribution is 2.25. The maximum absolute atomic E-state index is 11.7. The predicted molar refractivity (Wildman–Crippen MR) is 63.6 cm³/mol. The van der Waals surface area contributed by atoms with Crippen LogP contribution in [-0.4, -0.2) is 25.9 Å². The summed E-state index contributed by atoms with van der Waals surface area (Å²) in [7, 11) is -4.16. The molecule has 0 saturated heterocycles. The molecule has 0 spiro atoms. The molecule has 0 saturated carbocycles. The molecular formula is C8H8ClN3O6S. The minimum atomic E-state index is -4.16. The molecule has 0 heterocycles. The zero-order chi connectivity index (χ0) is 14.6. The summed E-state index contributed by atoms with van der Waals surface area (Å²) < 4.78 is 23.3. The number of carbonyl (C=O) groups excluding carboxylic acids is 1. The Kier molecular flexibility index (Phi) is 4.78. The van der Waals surface area contributed by atoms with Gasteiger partial charge in [0.1, 0.15) is 11.5 Å². The van der Waals surface area contributed by atoms with Crippen LogP contribution >= 0.6 is 11.6 Å². The summed E-state index contributed by atoms with van der Waals surface area (Å²) in [5.74, 6) is -0.877. The Morgan fingerprint density at radius 3 is 2.63 bits per heavy atom. The molecule has 104 valence electrons. The van der Waals surface area contributed by atoms with Crippen molar-refractivity contribution in [1.82, 2.24) is 4.89 Å². The number of primary amides is 1. The van der Waals surface area contributed by atoms with E-state index in [9.17, 15) is 23.3 Å². The highest BCUT2D eigenvalue weighted by atomic mass is 35.5. The molecule has 1 aromatic rings. The number of amides is 1. The molecule has 19 heavy (non-hydrogen) atoms. The van der Waals surface area contributed by atoms with E-state index in [1.54, 1.807) is 4.89 Å². The van der Waals surface area contributed by atoms with E-state index >= 15 is 0 Å². The molecule has 0 unspecified atom stereocenters. The molecule has 0 aliphatic carbocycles. The van der Waals surface area contributed by atoms with E-state index in [2.05, 4.69) is 4.84 Å². The fourth-order valence-corrected chi connectivity index (χ4v) is 2.39. The lowest BCUT2D eigenvalue weighted by Crippen LogP contribution is -2.29. The van der Waals surface area contributed by atoms with E-state index in [0.29, 0.717) is 0 Å². The average Bonchev–Trinajstić information content (AvgIpc) is 2.27. The van der Waals surface area contributed by atoms with E-state index < -0.39 is 32.4 Å². The van der Waals surface area contributed by atoms with Crippen LogP contribution in [-0.2, 0) is 19.7 Å². The van der Waals surface area contributed by atoms with Gasteiger partial charge in [-0.15, -0.1) is 0 Å². The fourth-order valence-electron chi connectivity index (χ4n) is 1.04. The van der Waals surface area contributed by atoms with Crippen molar-refractivity contribution in [3.05, 3.63) is 33.3 Å². The number of nitrogens with one attached hydrogen (secondary N) is 1. The Labute approximate surface area is 112 Å². The quantitative estimate of drug-likeness (QED) is 0.557. The summed E-state index contributed by atoms with van der Waals surface area (Å²) in [4.78, 5) is 25.6. The Bertz CT molecular complexity index is 617. The number of non-ortho nitro benzene ring substituents is 1. The number of nitro groups is 1. The fraction of sp³-hybridized carbons (Fsp3) is 0.125. The lowest BCUT2D eigenvalue weighted by Gasteiger charge is -2.07. The van der Waals surface area contributed by atoms with Gasteiger partial charge < -0.3 is 5.73 Å². The third-order valence-corrected chi connectivity index (χ3v) is 3.50. The van der Waals surface area contributed by atoms with Gasteiger partial charge in [0.15, 0.2) is 0 Å². The first-order valence-corrected chi connectivity index (χ1v) is 6.46. The second kappa shape index (κ2) is 5.93. The summed E-state index contributed by atoms with van der Waals surface area (Å²) in [6, 6.07) is 2.79. The average molecular weight is 310 g/mol. The van der Waals surface area contributed by atoms with Crippen molar-refractivity contribution in [3.8, 4) is 0 Å². The smallest absolute Gasteiger partial charge is 0.271 e. The summed E-state index contributed by atoms with van der Waals surface area (Å²) >= 11 is 5.63. The normalized spacial score (nSPS) is 11.2. The van der Waals surface area contributed by atoms with Crippen LogP contribution in [0.2, 0.25) is 5.02 Å². The zero-order valence-corrected chi connectivity index (χ0v) is 10.8. The van der Waals surface area contributed by atoms with Crippen LogP contribution in [0.3, 0.4) is 0 Å². The second-order valence-electron chi connectivity index (χ2n) is 3.21. The first kappa shape index (κ1) is 15.3. The Hall–Kier alpha value is -1.75. The molecular weight excluding hydrogens is 302 g/mol. The third-order valence-electron chi connectivity index (χ3n) is 1.80. The van der Waals surface area contributed by atoms with E-state index in [1.165, 1.54) is 0 Å². The molecule has 0 atom stereocenters. The van der Waals surface area contributed by atoms with Gasteiger partial charge in [-0.25, -0.2) is 8.42 Å². The first-order valence-electron chi connectivity index (χ1n) is 4.60. The molecule has 1 rings (SSSR count). The van der Waals surface area contributed by atoms with Crippen molar-refractivity contribution in [2.45, 2.75) is 4.90 Å². The predicted octanol–water partition coefficient (Wildman–Crippen LogP) is -0.0566. The van der Waals surface area contributed by atoms with Crippen molar-refractivity contribution in [2.75, 3.05) is 6.61 Å². The van der Waals surface area contributed by atoms with Crippen molar-refractivity contribution >= 4 is 33.2 Å². The van der Waals surface area contributed by atoms with E-state index in [4.69, 9.17) is 17.3 Å². The van der Waals surface area contributed by atoms with Gasteiger partial charge in [-0.05, 0) is 6.07 Å². The minimum Gasteiger partial charge on any atom is -0.368 e. The largest absolute Gasteiger partial charge is 0.368 e. The van der Waals surface area contributed by atoms with Gasteiger partial charge in [-0.3, -0.25) is 19.7 Å². The number of halogens is 1. The summed E-state index contributed by atoms with van der Waals surface area (Å²) in [5.41, 5.74) is 4.38. The maximum Gasteiger partial charge on any atom is 0.271 e. The number of nitro benzene ring substituents is 1. The number of rotatable bonds is 6. The summed E-state index contributed by atoms with van der Waals surface area (Å²) in [6.07, 6.45) is 0. The SMILES string of the molecule is NC(=O)CONS(=O)(=O)c1ccc([N+](=O)[O-])cc1Cl. The second-order valence-corrected chi connectivity index (χ2v) is 5.23. The topological polar surface area (TPSA) is 142 Å². The highest BCUT2D eigenvalue weighted by molar-refractivity contribution is 7.89. The number of benzene rings is 1. The summed E-state index contributed by atoms with van der Waals surface area (Å²) in [6.45, 7) is -0.663. The Balaban J connectivity index is 2.96. The lowest BCUT2D eigenvalue weighted by molar-refractivity contribution is -0.384. The molecule has 0 aliphatic rings. The maximum atomic E-state index is 11.7. The minimum absolute atomic E-state index is 0.357. The monoisotopic (exact) mass is 309 g/mol. The van der Waals surface area contributed by atoms with E-state index in [-0.39, 0.29) is 10.7 Å². The number of carbonyl (C=O) groups is 1. The lowest BCUT2D eigenvalue weighted by atomic mass is 10.3. The van der Waals surface area contributed by atoms with Gasteiger partial charge in [0.2, 0.25) is 5.91 Å². The van der Waals surface area contributed by atoms with Crippen LogP contribution in [0.15, 0.2) is 23.1 Å². The van der Waals surface area contributed by atoms with Gasteiger partial charge in [0.05, 0.1) is 9.95 Å². The standard InChI is InChI=1S/C8H8ClN3O6S/c9-6-3-5(12(14)15)1-2-7(6)19(16,17)11-18-4-8(10)13/h1-3,11H,4H2,(H2,10,13). The molecule has 1 amide bonds. The third kappa shape index (κ3) is 4.13. The molecule has 0 aromatic heterocycles. The van der Waals surface area contributed by atoms with Gasteiger partial charge >= 0.3 is 0 Å². The van der Waals surface area contributed by atoms with Gasteiger partial charge in [-0.2, -0.15) is 0 Å².